The third-order valence-electron chi connectivity index (χ3n) is 5.53. The largest absolute Gasteiger partial charge is 0.481 e. The van der Waals surface area contributed by atoms with Crippen LogP contribution in [0.1, 0.15) is 30.0 Å². The van der Waals surface area contributed by atoms with Gasteiger partial charge in [-0.3, -0.25) is 4.79 Å². The van der Waals surface area contributed by atoms with Gasteiger partial charge in [0, 0.05) is 31.9 Å². The first-order valence-electron chi connectivity index (χ1n) is 10.1. The number of anilines is 1. The first-order valence-corrected chi connectivity index (χ1v) is 10.1. The molecule has 1 heterocycles. The van der Waals surface area contributed by atoms with Crippen LogP contribution in [0.25, 0.3) is 0 Å². The zero-order chi connectivity index (χ0) is 21.9. The van der Waals surface area contributed by atoms with Crippen LogP contribution in [0.4, 0.5) is 18.9 Å². The fourth-order valence-electron chi connectivity index (χ4n) is 3.53. The summed E-state index contributed by atoms with van der Waals surface area (Å²) in [5.41, 5.74) is 2.12. The zero-order valence-electron chi connectivity index (χ0n) is 17.5. The van der Waals surface area contributed by atoms with E-state index in [-0.39, 0.29) is 5.91 Å². The Bertz CT molecular complexity index is 890. The SMILES string of the molecule is CC[C@@H](Oc1ccc(C)c(C)c1)C(=O)N1CCN(c2cccc(C(F)(F)F)c2)CC1. The maximum atomic E-state index is 13.0. The third-order valence-corrected chi connectivity index (χ3v) is 5.53. The Morgan fingerprint density at radius 2 is 1.73 bits per heavy atom. The number of amides is 1. The number of halogens is 3. The van der Waals surface area contributed by atoms with Crippen LogP contribution in [0.2, 0.25) is 0 Å². The van der Waals surface area contributed by atoms with Crippen LogP contribution in [0.3, 0.4) is 0 Å². The second-order valence-corrected chi connectivity index (χ2v) is 7.62. The van der Waals surface area contributed by atoms with Crippen molar-refractivity contribution in [2.45, 2.75) is 39.5 Å². The molecule has 0 saturated carbocycles. The Balaban J connectivity index is 1.62. The van der Waals surface area contributed by atoms with E-state index in [0.717, 1.165) is 23.3 Å². The highest BCUT2D eigenvalue weighted by atomic mass is 19.4. The highest BCUT2D eigenvalue weighted by molar-refractivity contribution is 5.81. The first kappa shape index (κ1) is 22.0. The van der Waals surface area contributed by atoms with Crippen molar-refractivity contribution in [3.63, 3.8) is 0 Å². The van der Waals surface area contributed by atoms with E-state index < -0.39 is 17.8 Å². The molecule has 4 nitrogen and oxygen atoms in total. The maximum Gasteiger partial charge on any atom is 0.416 e. The summed E-state index contributed by atoms with van der Waals surface area (Å²) in [6, 6.07) is 11.1. The Morgan fingerprint density at radius 1 is 1.03 bits per heavy atom. The number of nitrogens with zero attached hydrogens (tertiary/aromatic N) is 2. The normalized spacial score (nSPS) is 15.8. The standard InChI is InChI=1S/C23H27F3N2O2/c1-4-21(30-20-9-8-16(2)17(3)14-20)22(29)28-12-10-27(11-13-28)19-7-5-6-18(15-19)23(24,25)26/h5-9,14-15,21H,4,10-13H2,1-3H3/t21-/m1/s1. The van der Waals surface area contributed by atoms with Gasteiger partial charge in [-0.25, -0.2) is 0 Å². The van der Waals surface area contributed by atoms with E-state index in [2.05, 4.69) is 0 Å². The summed E-state index contributed by atoms with van der Waals surface area (Å²) in [5, 5.41) is 0. The van der Waals surface area contributed by atoms with Crippen molar-refractivity contribution in [1.29, 1.82) is 0 Å². The lowest BCUT2D eigenvalue weighted by Gasteiger charge is -2.37. The Labute approximate surface area is 175 Å². The molecule has 0 aliphatic carbocycles. The zero-order valence-corrected chi connectivity index (χ0v) is 17.5. The van der Waals surface area contributed by atoms with Crippen LogP contribution in [0, 0.1) is 13.8 Å². The van der Waals surface area contributed by atoms with Gasteiger partial charge < -0.3 is 14.5 Å². The summed E-state index contributed by atoms with van der Waals surface area (Å²) in [6.07, 6.45) is -4.40. The molecule has 2 aromatic carbocycles. The van der Waals surface area contributed by atoms with Gasteiger partial charge in [0.25, 0.3) is 5.91 Å². The molecule has 1 aliphatic heterocycles. The fraction of sp³-hybridized carbons (Fsp3) is 0.435. The Morgan fingerprint density at radius 3 is 2.33 bits per heavy atom. The fourth-order valence-corrected chi connectivity index (χ4v) is 3.53. The van der Waals surface area contributed by atoms with Gasteiger partial charge in [0.2, 0.25) is 0 Å². The van der Waals surface area contributed by atoms with Crippen LogP contribution in [0.5, 0.6) is 5.75 Å². The molecule has 0 spiro atoms. The van der Waals surface area contributed by atoms with Crippen LogP contribution < -0.4 is 9.64 Å². The number of rotatable bonds is 5. The van der Waals surface area contributed by atoms with E-state index in [4.69, 9.17) is 4.74 Å². The molecular weight excluding hydrogens is 393 g/mol. The van der Waals surface area contributed by atoms with Crippen molar-refractivity contribution in [1.82, 2.24) is 4.90 Å². The summed E-state index contributed by atoms with van der Waals surface area (Å²) in [5.74, 6) is 0.584. The van der Waals surface area contributed by atoms with Gasteiger partial charge >= 0.3 is 6.18 Å². The second-order valence-electron chi connectivity index (χ2n) is 7.62. The molecule has 3 rings (SSSR count). The number of hydrogen-bond donors (Lipinski definition) is 0. The lowest BCUT2D eigenvalue weighted by atomic mass is 10.1. The number of ether oxygens (including phenoxy) is 1. The van der Waals surface area contributed by atoms with Gasteiger partial charge in [-0.15, -0.1) is 0 Å². The van der Waals surface area contributed by atoms with Crippen molar-refractivity contribution in [2.24, 2.45) is 0 Å². The van der Waals surface area contributed by atoms with Gasteiger partial charge in [-0.2, -0.15) is 13.2 Å². The molecule has 1 aliphatic rings. The van der Waals surface area contributed by atoms with Crippen LogP contribution in [0.15, 0.2) is 42.5 Å². The lowest BCUT2D eigenvalue weighted by Crippen LogP contribution is -2.52. The van der Waals surface area contributed by atoms with Gasteiger partial charge in [0.1, 0.15) is 5.75 Å². The summed E-state index contributed by atoms with van der Waals surface area (Å²) >= 11 is 0. The van der Waals surface area contributed by atoms with Gasteiger partial charge in [0.05, 0.1) is 5.56 Å². The molecule has 0 bridgehead atoms. The van der Waals surface area contributed by atoms with Crippen molar-refractivity contribution in [2.75, 3.05) is 31.1 Å². The second kappa shape index (κ2) is 8.98. The van der Waals surface area contributed by atoms with Crippen molar-refractivity contribution in [3.05, 3.63) is 59.2 Å². The minimum atomic E-state index is -4.37. The van der Waals surface area contributed by atoms with Crippen molar-refractivity contribution >= 4 is 11.6 Å². The average molecular weight is 420 g/mol. The average Bonchev–Trinajstić information content (AvgIpc) is 2.73. The summed E-state index contributed by atoms with van der Waals surface area (Å²) < 4.78 is 44.9. The highest BCUT2D eigenvalue weighted by Gasteiger charge is 2.32. The first-order chi connectivity index (χ1) is 14.2. The predicted octanol–water partition coefficient (Wildman–Crippen LogP) is 4.83. The van der Waals surface area contributed by atoms with Crippen LogP contribution >= 0.6 is 0 Å². The van der Waals surface area contributed by atoms with Crippen molar-refractivity contribution in [3.8, 4) is 5.75 Å². The predicted molar refractivity (Wildman–Crippen MR) is 111 cm³/mol. The molecule has 1 amide bonds. The lowest BCUT2D eigenvalue weighted by molar-refractivity contribution is -0.139. The van der Waals surface area contributed by atoms with Crippen LogP contribution in [-0.4, -0.2) is 43.1 Å². The molecule has 162 valence electrons. The van der Waals surface area contributed by atoms with Crippen molar-refractivity contribution < 1.29 is 22.7 Å². The van der Waals surface area contributed by atoms with Gasteiger partial charge in [-0.1, -0.05) is 19.1 Å². The summed E-state index contributed by atoms with van der Waals surface area (Å²) in [4.78, 5) is 16.6. The summed E-state index contributed by atoms with van der Waals surface area (Å²) in [6.45, 7) is 7.77. The number of aryl methyl sites for hydroxylation is 2. The molecule has 0 aromatic heterocycles. The number of benzene rings is 2. The van der Waals surface area contributed by atoms with E-state index in [1.807, 2.05) is 43.9 Å². The summed E-state index contributed by atoms with van der Waals surface area (Å²) in [7, 11) is 0. The smallest absolute Gasteiger partial charge is 0.416 e. The van der Waals surface area contributed by atoms with E-state index in [1.165, 1.54) is 6.07 Å². The highest BCUT2D eigenvalue weighted by Crippen LogP contribution is 2.32. The van der Waals surface area contributed by atoms with E-state index in [9.17, 15) is 18.0 Å². The minimum absolute atomic E-state index is 0.0839. The number of alkyl halides is 3. The third kappa shape index (κ3) is 5.07. The monoisotopic (exact) mass is 420 g/mol. The molecule has 1 atom stereocenters. The molecule has 1 saturated heterocycles. The molecule has 0 radical (unpaired) electrons. The van der Waals surface area contributed by atoms with Crippen LogP contribution in [-0.2, 0) is 11.0 Å². The molecule has 0 N–H and O–H groups in total. The Hall–Kier alpha value is -2.70. The topological polar surface area (TPSA) is 32.8 Å². The quantitative estimate of drug-likeness (QED) is 0.695. The van der Waals surface area contributed by atoms with E-state index in [1.54, 1.807) is 11.0 Å². The Kier molecular flexibility index (Phi) is 6.58. The number of carbonyl (C=O) groups is 1. The molecule has 30 heavy (non-hydrogen) atoms. The molecular formula is C23H27F3N2O2. The number of hydrogen-bond acceptors (Lipinski definition) is 3. The van der Waals surface area contributed by atoms with E-state index in [0.29, 0.717) is 44.0 Å². The number of carbonyl (C=O) groups excluding carboxylic acids is 1. The molecule has 1 fully saturated rings. The molecule has 0 unspecified atom stereocenters. The van der Waals surface area contributed by atoms with E-state index >= 15 is 0 Å². The van der Waals surface area contributed by atoms with Gasteiger partial charge in [-0.05, 0) is 61.7 Å². The number of piperazine rings is 1. The molecule has 2 aromatic rings. The van der Waals surface area contributed by atoms with Gasteiger partial charge in [0.15, 0.2) is 6.10 Å². The minimum Gasteiger partial charge on any atom is -0.481 e. The molecule has 7 heteroatoms. The maximum absolute atomic E-state index is 13.0.